The van der Waals surface area contributed by atoms with E-state index in [4.69, 9.17) is 0 Å². The molecular weight excluding hydrogens is 126 g/mol. The quantitative estimate of drug-likeness (QED) is 0.541. The fraction of sp³-hybridized carbons (Fsp3) is 0.875. The standard InChI is InChI=1S/C8H15NO/c1-7-4-2-3-5-8(10)9-6-7/h7H,2-6H2,1H3,(H,9,10)/t7-/m1/s1. The second-order valence-corrected chi connectivity index (χ2v) is 3.16. The lowest BCUT2D eigenvalue weighted by Gasteiger charge is -2.15. The summed E-state index contributed by atoms with van der Waals surface area (Å²) in [5.74, 6) is 0.899. The SMILES string of the molecule is C[C@@H]1CCCCC(=O)NC1. The van der Waals surface area contributed by atoms with Crippen molar-refractivity contribution in [3.05, 3.63) is 0 Å². The Morgan fingerprint density at radius 2 is 2.30 bits per heavy atom. The Hall–Kier alpha value is -0.530. The van der Waals surface area contributed by atoms with Gasteiger partial charge in [-0.2, -0.15) is 0 Å². The van der Waals surface area contributed by atoms with Crippen molar-refractivity contribution in [3.63, 3.8) is 0 Å². The van der Waals surface area contributed by atoms with Crippen molar-refractivity contribution in [3.8, 4) is 0 Å². The Labute approximate surface area is 62.0 Å². The highest BCUT2D eigenvalue weighted by molar-refractivity contribution is 5.75. The number of carbonyl (C=O) groups is 1. The summed E-state index contributed by atoms with van der Waals surface area (Å²) in [5, 5.41) is 2.90. The highest BCUT2D eigenvalue weighted by Gasteiger charge is 2.08. The zero-order valence-corrected chi connectivity index (χ0v) is 6.52. The molecule has 1 atom stereocenters. The molecule has 1 N–H and O–H groups in total. The van der Waals surface area contributed by atoms with Crippen molar-refractivity contribution in [1.82, 2.24) is 5.32 Å². The second kappa shape index (κ2) is 3.59. The van der Waals surface area contributed by atoms with Gasteiger partial charge in [0.05, 0.1) is 0 Å². The van der Waals surface area contributed by atoms with Crippen molar-refractivity contribution < 1.29 is 4.79 Å². The Kier molecular flexibility index (Phi) is 2.72. The van der Waals surface area contributed by atoms with Gasteiger partial charge in [-0.1, -0.05) is 13.3 Å². The molecule has 0 radical (unpaired) electrons. The van der Waals surface area contributed by atoms with E-state index >= 15 is 0 Å². The molecule has 2 nitrogen and oxygen atoms in total. The predicted octanol–water partition coefficient (Wildman–Crippen LogP) is 1.31. The van der Waals surface area contributed by atoms with E-state index < -0.39 is 0 Å². The molecule has 0 bridgehead atoms. The van der Waals surface area contributed by atoms with Crippen LogP contribution in [-0.4, -0.2) is 12.5 Å². The molecule has 0 aromatic rings. The first-order valence-corrected chi connectivity index (χ1v) is 4.06. The molecule has 1 saturated heterocycles. The minimum Gasteiger partial charge on any atom is -0.356 e. The fourth-order valence-electron chi connectivity index (χ4n) is 1.26. The molecule has 10 heavy (non-hydrogen) atoms. The van der Waals surface area contributed by atoms with Gasteiger partial charge in [-0.05, 0) is 18.8 Å². The van der Waals surface area contributed by atoms with Crippen LogP contribution in [0.3, 0.4) is 0 Å². The summed E-state index contributed by atoms with van der Waals surface area (Å²) in [5.41, 5.74) is 0. The minimum absolute atomic E-state index is 0.228. The largest absolute Gasteiger partial charge is 0.356 e. The molecule has 1 fully saturated rings. The maximum absolute atomic E-state index is 10.9. The van der Waals surface area contributed by atoms with Crippen LogP contribution in [0, 0.1) is 5.92 Å². The van der Waals surface area contributed by atoms with Gasteiger partial charge in [0.1, 0.15) is 0 Å². The van der Waals surface area contributed by atoms with Crippen LogP contribution < -0.4 is 5.32 Å². The van der Waals surface area contributed by atoms with Crippen LogP contribution in [0.1, 0.15) is 32.6 Å². The zero-order chi connectivity index (χ0) is 7.40. The summed E-state index contributed by atoms with van der Waals surface area (Å²) in [6.07, 6.45) is 4.28. The molecule has 58 valence electrons. The van der Waals surface area contributed by atoms with E-state index in [2.05, 4.69) is 12.2 Å². The topological polar surface area (TPSA) is 29.1 Å². The maximum Gasteiger partial charge on any atom is 0.220 e. The van der Waals surface area contributed by atoms with Crippen molar-refractivity contribution in [2.45, 2.75) is 32.6 Å². The van der Waals surface area contributed by atoms with Gasteiger partial charge in [-0.15, -0.1) is 0 Å². The average Bonchev–Trinajstić information content (AvgIpc) is 1.90. The summed E-state index contributed by atoms with van der Waals surface area (Å²) in [4.78, 5) is 10.9. The molecule has 0 aliphatic carbocycles. The molecule has 0 saturated carbocycles. The number of amides is 1. The Bertz CT molecular complexity index is 122. The van der Waals surface area contributed by atoms with Gasteiger partial charge in [0.25, 0.3) is 0 Å². The Balaban J connectivity index is 2.29. The molecule has 2 heteroatoms. The smallest absolute Gasteiger partial charge is 0.220 e. The molecule has 0 aromatic carbocycles. The van der Waals surface area contributed by atoms with Crippen LogP contribution >= 0.6 is 0 Å². The number of hydrogen-bond acceptors (Lipinski definition) is 1. The van der Waals surface area contributed by atoms with E-state index in [0.717, 1.165) is 19.4 Å². The molecule has 0 spiro atoms. The monoisotopic (exact) mass is 141 g/mol. The van der Waals surface area contributed by atoms with Gasteiger partial charge in [-0.25, -0.2) is 0 Å². The van der Waals surface area contributed by atoms with E-state index in [1.807, 2.05) is 0 Å². The normalized spacial score (nSPS) is 28.5. The third kappa shape index (κ3) is 2.38. The van der Waals surface area contributed by atoms with Gasteiger partial charge in [0.15, 0.2) is 0 Å². The van der Waals surface area contributed by atoms with E-state index in [0.29, 0.717) is 5.92 Å². The maximum atomic E-state index is 10.9. The van der Waals surface area contributed by atoms with Gasteiger partial charge < -0.3 is 5.32 Å². The molecular formula is C8H15NO. The molecule has 1 amide bonds. The van der Waals surface area contributed by atoms with Gasteiger partial charge >= 0.3 is 0 Å². The van der Waals surface area contributed by atoms with E-state index in [-0.39, 0.29) is 5.91 Å². The van der Waals surface area contributed by atoms with E-state index in [1.54, 1.807) is 0 Å². The zero-order valence-electron chi connectivity index (χ0n) is 6.52. The summed E-state index contributed by atoms with van der Waals surface area (Å²) in [6, 6.07) is 0. The van der Waals surface area contributed by atoms with Crippen molar-refractivity contribution >= 4 is 5.91 Å². The molecule has 0 unspecified atom stereocenters. The molecule has 1 aliphatic heterocycles. The van der Waals surface area contributed by atoms with Crippen LogP contribution in [0.2, 0.25) is 0 Å². The average molecular weight is 141 g/mol. The molecule has 1 aliphatic rings. The lowest BCUT2D eigenvalue weighted by Crippen LogP contribution is -2.29. The Morgan fingerprint density at radius 1 is 1.50 bits per heavy atom. The number of hydrogen-bond donors (Lipinski definition) is 1. The first-order valence-electron chi connectivity index (χ1n) is 4.06. The fourth-order valence-corrected chi connectivity index (χ4v) is 1.26. The third-order valence-corrected chi connectivity index (χ3v) is 2.00. The highest BCUT2D eigenvalue weighted by Crippen LogP contribution is 2.10. The summed E-state index contributed by atoms with van der Waals surface area (Å²) < 4.78 is 0. The number of rotatable bonds is 0. The predicted molar refractivity (Wildman–Crippen MR) is 40.6 cm³/mol. The van der Waals surface area contributed by atoms with Crippen molar-refractivity contribution in [1.29, 1.82) is 0 Å². The lowest BCUT2D eigenvalue weighted by molar-refractivity contribution is -0.121. The Morgan fingerprint density at radius 3 is 3.10 bits per heavy atom. The third-order valence-electron chi connectivity index (χ3n) is 2.00. The number of carbonyl (C=O) groups excluding carboxylic acids is 1. The van der Waals surface area contributed by atoms with Crippen LogP contribution in [0.4, 0.5) is 0 Å². The van der Waals surface area contributed by atoms with Crippen LogP contribution in [0.5, 0.6) is 0 Å². The summed E-state index contributed by atoms with van der Waals surface area (Å²) in [7, 11) is 0. The lowest BCUT2D eigenvalue weighted by atomic mass is 10.0. The van der Waals surface area contributed by atoms with Crippen molar-refractivity contribution in [2.24, 2.45) is 5.92 Å². The van der Waals surface area contributed by atoms with Crippen molar-refractivity contribution in [2.75, 3.05) is 6.54 Å². The van der Waals surface area contributed by atoms with Gasteiger partial charge in [0.2, 0.25) is 5.91 Å². The first-order chi connectivity index (χ1) is 4.79. The molecule has 1 heterocycles. The highest BCUT2D eigenvalue weighted by atomic mass is 16.1. The minimum atomic E-state index is 0.228. The summed E-state index contributed by atoms with van der Waals surface area (Å²) in [6.45, 7) is 3.06. The van der Waals surface area contributed by atoms with E-state index in [9.17, 15) is 4.79 Å². The molecule has 0 aromatic heterocycles. The molecule has 1 rings (SSSR count). The van der Waals surface area contributed by atoms with Gasteiger partial charge in [-0.3, -0.25) is 4.79 Å². The van der Waals surface area contributed by atoms with Crippen LogP contribution in [0.25, 0.3) is 0 Å². The van der Waals surface area contributed by atoms with Crippen LogP contribution in [0.15, 0.2) is 0 Å². The summed E-state index contributed by atoms with van der Waals surface area (Å²) >= 11 is 0. The van der Waals surface area contributed by atoms with E-state index in [1.165, 1.54) is 12.8 Å². The second-order valence-electron chi connectivity index (χ2n) is 3.16. The van der Waals surface area contributed by atoms with Gasteiger partial charge in [0, 0.05) is 13.0 Å². The first kappa shape index (κ1) is 7.58. The number of nitrogens with one attached hydrogen (secondary N) is 1. The van der Waals surface area contributed by atoms with Crippen LogP contribution in [-0.2, 0) is 4.79 Å².